The standard InChI is InChI=1S/C38H59N3O8/c1-5-28-7-8-29(20-34(28)48-15-6-14-46-4)36(43)41(26(2)3)38(21-30(37(44)45)13-18-49-38)22-31-23-39-24-32(31)25-40(33-9-10-33)35(42)19-27-11-16-47-17-12-27/h7-8,20,26-27,30-33,39H,5-6,9-19,21-25H2,1-4H3,(H,44,45)/t30?,31-,32+,38?/m1/s1. The van der Waals surface area contributed by atoms with Gasteiger partial charge in [0.1, 0.15) is 11.5 Å². The van der Waals surface area contributed by atoms with Gasteiger partial charge < -0.3 is 39.2 Å². The van der Waals surface area contributed by atoms with E-state index < -0.39 is 17.6 Å². The second-order valence-electron chi connectivity index (χ2n) is 14.9. The van der Waals surface area contributed by atoms with E-state index in [1.807, 2.05) is 36.9 Å². The van der Waals surface area contributed by atoms with Gasteiger partial charge in [-0.25, -0.2) is 0 Å². The Morgan fingerprint density at radius 2 is 1.80 bits per heavy atom. The summed E-state index contributed by atoms with van der Waals surface area (Å²) in [5.41, 5.74) is 0.403. The van der Waals surface area contributed by atoms with Crippen molar-refractivity contribution in [3.05, 3.63) is 29.3 Å². The van der Waals surface area contributed by atoms with Crippen molar-refractivity contribution in [2.45, 2.75) is 103 Å². The van der Waals surface area contributed by atoms with Crippen LogP contribution in [0.3, 0.4) is 0 Å². The van der Waals surface area contributed by atoms with Crippen LogP contribution in [0, 0.1) is 23.7 Å². The lowest BCUT2D eigenvalue weighted by Gasteiger charge is -2.51. The van der Waals surface area contributed by atoms with Crippen molar-refractivity contribution in [2.24, 2.45) is 23.7 Å². The van der Waals surface area contributed by atoms with E-state index in [0.717, 1.165) is 70.4 Å². The van der Waals surface area contributed by atoms with Crippen molar-refractivity contribution < 1.29 is 38.4 Å². The number of aryl methyl sites for hydroxylation is 1. The maximum Gasteiger partial charge on any atom is 0.306 e. The predicted molar refractivity (Wildman–Crippen MR) is 186 cm³/mol. The quantitative estimate of drug-likeness (QED) is 0.223. The summed E-state index contributed by atoms with van der Waals surface area (Å²) in [5.74, 6) is -0.111. The number of aliphatic carboxylic acids is 1. The molecule has 11 heteroatoms. The van der Waals surface area contributed by atoms with Crippen molar-refractivity contribution in [1.29, 1.82) is 0 Å². The minimum Gasteiger partial charge on any atom is -0.493 e. The van der Waals surface area contributed by atoms with Crippen LogP contribution in [0.1, 0.15) is 94.5 Å². The van der Waals surface area contributed by atoms with Gasteiger partial charge in [-0.2, -0.15) is 0 Å². The summed E-state index contributed by atoms with van der Waals surface area (Å²) >= 11 is 0. The second kappa shape index (κ2) is 17.5. The van der Waals surface area contributed by atoms with Crippen molar-refractivity contribution in [3.8, 4) is 5.75 Å². The third kappa shape index (κ3) is 9.54. The van der Waals surface area contributed by atoms with Crippen LogP contribution in [0.2, 0.25) is 0 Å². The van der Waals surface area contributed by atoms with Gasteiger partial charge in [-0.3, -0.25) is 14.4 Å². The highest BCUT2D eigenvalue weighted by Crippen LogP contribution is 2.43. The zero-order valence-electron chi connectivity index (χ0n) is 30.1. The van der Waals surface area contributed by atoms with E-state index >= 15 is 0 Å². The highest BCUT2D eigenvalue weighted by molar-refractivity contribution is 5.95. The zero-order chi connectivity index (χ0) is 35.0. The smallest absolute Gasteiger partial charge is 0.306 e. The highest BCUT2D eigenvalue weighted by atomic mass is 16.5. The van der Waals surface area contributed by atoms with Crippen LogP contribution in [-0.4, -0.2) is 110 Å². The van der Waals surface area contributed by atoms with Gasteiger partial charge in [-0.05, 0) is 107 Å². The van der Waals surface area contributed by atoms with Gasteiger partial charge in [0, 0.05) is 70.4 Å². The number of carbonyl (C=O) groups is 3. The first-order valence-electron chi connectivity index (χ1n) is 18.7. The molecular weight excluding hydrogens is 626 g/mol. The molecule has 4 atom stereocenters. The van der Waals surface area contributed by atoms with Crippen LogP contribution in [0.15, 0.2) is 18.2 Å². The molecule has 0 spiro atoms. The molecule has 4 aliphatic rings. The maximum absolute atomic E-state index is 14.7. The van der Waals surface area contributed by atoms with E-state index in [-0.39, 0.29) is 42.7 Å². The van der Waals surface area contributed by atoms with Gasteiger partial charge >= 0.3 is 5.97 Å². The molecule has 3 aliphatic heterocycles. The number of rotatable bonds is 17. The molecule has 0 bridgehead atoms. The summed E-state index contributed by atoms with van der Waals surface area (Å²) in [5, 5.41) is 13.8. The monoisotopic (exact) mass is 685 g/mol. The number of hydrogen-bond acceptors (Lipinski definition) is 8. The molecule has 0 aromatic heterocycles. The molecule has 1 aromatic carbocycles. The number of methoxy groups -OCH3 is 1. The topological polar surface area (TPSA) is 127 Å². The number of amides is 2. The van der Waals surface area contributed by atoms with Crippen LogP contribution >= 0.6 is 0 Å². The fourth-order valence-corrected chi connectivity index (χ4v) is 8.14. The van der Waals surface area contributed by atoms with E-state index in [9.17, 15) is 19.5 Å². The number of carbonyl (C=O) groups excluding carboxylic acids is 2. The maximum atomic E-state index is 14.7. The van der Waals surface area contributed by atoms with Crippen LogP contribution in [0.25, 0.3) is 0 Å². The van der Waals surface area contributed by atoms with Crippen molar-refractivity contribution in [2.75, 3.05) is 59.8 Å². The normalized spacial score (nSPS) is 26.1. The molecular formula is C38H59N3O8. The Morgan fingerprint density at radius 1 is 1.04 bits per heavy atom. The van der Waals surface area contributed by atoms with Crippen molar-refractivity contribution in [3.63, 3.8) is 0 Å². The molecule has 2 N–H and O–H groups in total. The Morgan fingerprint density at radius 3 is 2.47 bits per heavy atom. The van der Waals surface area contributed by atoms with Crippen LogP contribution in [0.4, 0.5) is 0 Å². The number of carboxylic acids is 1. The Balaban J connectivity index is 1.39. The average Bonchev–Trinajstić information content (AvgIpc) is 3.84. The molecule has 1 aliphatic carbocycles. The van der Waals surface area contributed by atoms with Crippen molar-refractivity contribution >= 4 is 17.8 Å². The van der Waals surface area contributed by atoms with E-state index in [4.69, 9.17) is 18.9 Å². The summed E-state index contributed by atoms with van der Waals surface area (Å²) < 4.78 is 23.5. The molecule has 274 valence electrons. The Kier molecular flexibility index (Phi) is 13.4. The minimum atomic E-state index is -1.11. The van der Waals surface area contributed by atoms with Crippen LogP contribution in [0.5, 0.6) is 5.75 Å². The number of hydrogen-bond donors (Lipinski definition) is 2. The fourth-order valence-electron chi connectivity index (χ4n) is 8.14. The second-order valence-corrected chi connectivity index (χ2v) is 14.9. The molecule has 1 aromatic rings. The SMILES string of the molecule is CCc1ccc(C(=O)N(C(C)C)C2(C[C@@H]3CNC[C@H]3CN(C(=O)CC3CCOCC3)C3CC3)CC(C(=O)O)CCO2)cc1OCCCOC. The van der Waals surface area contributed by atoms with E-state index in [1.54, 1.807) is 7.11 Å². The molecule has 3 heterocycles. The molecule has 11 nitrogen and oxygen atoms in total. The Bertz CT molecular complexity index is 1270. The molecule has 2 unspecified atom stereocenters. The van der Waals surface area contributed by atoms with E-state index in [1.165, 1.54) is 0 Å². The third-order valence-electron chi connectivity index (χ3n) is 11.0. The lowest BCUT2D eigenvalue weighted by Crippen LogP contribution is -2.61. The first-order valence-corrected chi connectivity index (χ1v) is 18.7. The lowest BCUT2D eigenvalue weighted by molar-refractivity contribution is -0.201. The van der Waals surface area contributed by atoms with Gasteiger partial charge in [0.2, 0.25) is 5.91 Å². The molecule has 49 heavy (non-hydrogen) atoms. The summed E-state index contributed by atoms with van der Waals surface area (Å²) in [4.78, 5) is 44.7. The first kappa shape index (κ1) is 37.5. The summed E-state index contributed by atoms with van der Waals surface area (Å²) in [6, 6.07) is 5.67. The van der Waals surface area contributed by atoms with Crippen molar-refractivity contribution in [1.82, 2.24) is 15.1 Å². The van der Waals surface area contributed by atoms with Gasteiger partial charge in [-0.15, -0.1) is 0 Å². The fraction of sp³-hybridized carbons (Fsp3) is 0.763. The molecule has 0 radical (unpaired) electrons. The number of nitrogens with one attached hydrogen (secondary N) is 1. The van der Waals surface area contributed by atoms with Crippen LogP contribution in [-0.2, 0) is 30.2 Å². The summed E-state index contributed by atoms with van der Waals surface area (Å²) in [6.07, 6.45) is 7.15. The molecule has 4 fully saturated rings. The number of ether oxygens (including phenoxy) is 4. The molecule has 2 amide bonds. The van der Waals surface area contributed by atoms with Gasteiger partial charge in [0.15, 0.2) is 0 Å². The van der Waals surface area contributed by atoms with E-state index in [0.29, 0.717) is 62.3 Å². The summed E-state index contributed by atoms with van der Waals surface area (Å²) in [6.45, 7) is 11.0. The van der Waals surface area contributed by atoms with Gasteiger partial charge in [0.05, 0.1) is 19.1 Å². The third-order valence-corrected chi connectivity index (χ3v) is 11.0. The predicted octanol–water partition coefficient (Wildman–Crippen LogP) is 4.76. The minimum absolute atomic E-state index is 0.0980. The zero-order valence-corrected chi connectivity index (χ0v) is 30.1. The molecule has 5 rings (SSSR count). The molecule has 1 saturated carbocycles. The van der Waals surface area contributed by atoms with Gasteiger partial charge in [0.25, 0.3) is 5.91 Å². The number of carboxylic acid groups (broad SMARTS) is 1. The Labute approximate surface area is 292 Å². The summed E-state index contributed by atoms with van der Waals surface area (Å²) in [7, 11) is 1.66. The van der Waals surface area contributed by atoms with Gasteiger partial charge in [-0.1, -0.05) is 13.0 Å². The average molecular weight is 686 g/mol. The largest absolute Gasteiger partial charge is 0.493 e. The van der Waals surface area contributed by atoms with Crippen LogP contribution < -0.4 is 10.1 Å². The molecule has 3 saturated heterocycles. The lowest BCUT2D eigenvalue weighted by atomic mass is 9.80. The number of benzene rings is 1. The highest BCUT2D eigenvalue weighted by Gasteiger charge is 2.51. The first-order chi connectivity index (χ1) is 23.7. The number of nitrogens with zero attached hydrogens (tertiary/aromatic N) is 2. The Hall–Kier alpha value is -2.73. The van der Waals surface area contributed by atoms with E-state index in [2.05, 4.69) is 17.1 Å².